The van der Waals surface area contributed by atoms with Gasteiger partial charge >= 0.3 is 0 Å². The molecule has 0 fully saturated rings. The minimum atomic E-state index is -0.127. The van der Waals surface area contributed by atoms with Crippen LogP contribution in [-0.4, -0.2) is 38.5 Å². The molecule has 16 heavy (non-hydrogen) atoms. The molecule has 0 amide bonds. The Labute approximate surface area is 94.3 Å². The molecule has 0 aromatic carbocycles. The summed E-state index contributed by atoms with van der Waals surface area (Å²) in [5, 5.41) is 0. The highest BCUT2D eigenvalue weighted by Crippen LogP contribution is 2.10. The van der Waals surface area contributed by atoms with E-state index in [0.717, 1.165) is 0 Å². The van der Waals surface area contributed by atoms with Gasteiger partial charge in [0.1, 0.15) is 12.4 Å². The molecule has 1 heterocycles. The van der Waals surface area contributed by atoms with E-state index < -0.39 is 0 Å². The van der Waals surface area contributed by atoms with E-state index in [2.05, 4.69) is 4.98 Å². The van der Waals surface area contributed by atoms with Crippen molar-refractivity contribution < 1.29 is 14.2 Å². The molecule has 0 spiro atoms. The van der Waals surface area contributed by atoms with Gasteiger partial charge in [-0.1, -0.05) is 0 Å². The highest BCUT2D eigenvalue weighted by molar-refractivity contribution is 5.28. The largest absolute Gasteiger partial charge is 0.491 e. The van der Waals surface area contributed by atoms with Crippen molar-refractivity contribution in [1.82, 2.24) is 4.98 Å². The predicted molar refractivity (Wildman–Crippen MR) is 60.0 cm³/mol. The van der Waals surface area contributed by atoms with Gasteiger partial charge in [0.15, 0.2) is 0 Å². The zero-order chi connectivity index (χ0) is 11.8. The Balaban J connectivity index is 2.27. The molecule has 0 aliphatic heterocycles. The van der Waals surface area contributed by atoms with E-state index in [1.165, 1.54) is 0 Å². The van der Waals surface area contributed by atoms with Gasteiger partial charge in [-0.2, -0.15) is 0 Å². The number of hydrogen-bond donors (Lipinski definition) is 1. The van der Waals surface area contributed by atoms with Gasteiger partial charge in [-0.05, 0) is 13.0 Å². The summed E-state index contributed by atoms with van der Waals surface area (Å²) in [6.45, 7) is 3.75. The van der Waals surface area contributed by atoms with Crippen LogP contribution in [0.15, 0.2) is 17.1 Å². The average Bonchev–Trinajstić information content (AvgIpc) is 2.29. The molecule has 0 saturated heterocycles. The quantitative estimate of drug-likeness (QED) is 0.697. The van der Waals surface area contributed by atoms with E-state index in [9.17, 15) is 4.79 Å². The number of ether oxygens (including phenoxy) is 3. The fraction of sp³-hybridized carbons (Fsp3) is 0.545. The second kappa shape index (κ2) is 7.03. The lowest BCUT2D eigenvalue weighted by Crippen LogP contribution is -2.14. The van der Waals surface area contributed by atoms with E-state index in [-0.39, 0.29) is 5.56 Å². The zero-order valence-electron chi connectivity index (χ0n) is 9.62. The third-order valence-electron chi connectivity index (χ3n) is 2.08. The highest BCUT2D eigenvalue weighted by atomic mass is 16.5. The summed E-state index contributed by atoms with van der Waals surface area (Å²) in [7, 11) is 1.62. The summed E-state index contributed by atoms with van der Waals surface area (Å²) in [5.74, 6) is 0.596. The van der Waals surface area contributed by atoms with Crippen LogP contribution in [0.3, 0.4) is 0 Å². The molecule has 1 N–H and O–H groups in total. The minimum Gasteiger partial charge on any atom is -0.491 e. The van der Waals surface area contributed by atoms with Gasteiger partial charge in [0, 0.05) is 13.3 Å². The second-order valence-corrected chi connectivity index (χ2v) is 3.25. The van der Waals surface area contributed by atoms with Gasteiger partial charge in [0.25, 0.3) is 5.56 Å². The Hall–Kier alpha value is -1.33. The first-order valence-corrected chi connectivity index (χ1v) is 5.13. The third-order valence-corrected chi connectivity index (χ3v) is 2.08. The molecule has 0 radical (unpaired) electrons. The van der Waals surface area contributed by atoms with Crippen molar-refractivity contribution in [3.8, 4) is 5.75 Å². The first-order chi connectivity index (χ1) is 7.75. The first kappa shape index (κ1) is 12.7. The normalized spacial score (nSPS) is 10.4. The Morgan fingerprint density at radius 3 is 2.75 bits per heavy atom. The van der Waals surface area contributed by atoms with Crippen LogP contribution in [-0.2, 0) is 9.47 Å². The standard InChI is InChI=1S/C11H17NO4/c1-9-10(3-4-12-11(9)13)16-8-7-15-6-5-14-2/h3-4H,5-8H2,1-2H3,(H,12,13). The van der Waals surface area contributed by atoms with Crippen LogP contribution < -0.4 is 10.3 Å². The molecule has 0 bridgehead atoms. The van der Waals surface area contributed by atoms with Gasteiger partial charge in [0.05, 0.1) is 25.4 Å². The van der Waals surface area contributed by atoms with E-state index in [4.69, 9.17) is 14.2 Å². The lowest BCUT2D eigenvalue weighted by Gasteiger charge is -2.08. The maximum atomic E-state index is 11.2. The van der Waals surface area contributed by atoms with Crippen LogP contribution >= 0.6 is 0 Å². The Morgan fingerprint density at radius 2 is 2.00 bits per heavy atom. The SMILES string of the molecule is COCCOCCOc1cc[nH]c(=O)c1C. The third kappa shape index (κ3) is 4.04. The maximum absolute atomic E-state index is 11.2. The van der Waals surface area contributed by atoms with Gasteiger partial charge in [0.2, 0.25) is 0 Å². The van der Waals surface area contributed by atoms with E-state index >= 15 is 0 Å². The van der Waals surface area contributed by atoms with Crippen LogP contribution in [0.5, 0.6) is 5.75 Å². The number of H-pyrrole nitrogens is 1. The molecule has 0 atom stereocenters. The summed E-state index contributed by atoms with van der Waals surface area (Å²) in [6, 6.07) is 1.73. The lowest BCUT2D eigenvalue weighted by atomic mass is 10.3. The fourth-order valence-electron chi connectivity index (χ4n) is 1.15. The topological polar surface area (TPSA) is 60.6 Å². The number of aromatic amines is 1. The van der Waals surface area contributed by atoms with Crippen LogP contribution in [0, 0.1) is 6.92 Å². The number of pyridine rings is 1. The first-order valence-electron chi connectivity index (χ1n) is 5.13. The van der Waals surface area contributed by atoms with Crippen molar-refractivity contribution in [2.45, 2.75) is 6.92 Å². The maximum Gasteiger partial charge on any atom is 0.254 e. The second-order valence-electron chi connectivity index (χ2n) is 3.25. The number of nitrogens with one attached hydrogen (secondary N) is 1. The highest BCUT2D eigenvalue weighted by Gasteiger charge is 2.01. The van der Waals surface area contributed by atoms with E-state index in [1.807, 2.05) is 0 Å². The van der Waals surface area contributed by atoms with Crippen LogP contribution in [0.1, 0.15) is 5.56 Å². The molecule has 1 rings (SSSR count). The molecular formula is C11H17NO4. The number of aromatic nitrogens is 1. The molecule has 90 valence electrons. The van der Waals surface area contributed by atoms with E-state index in [1.54, 1.807) is 26.3 Å². The fourth-order valence-corrected chi connectivity index (χ4v) is 1.15. The zero-order valence-corrected chi connectivity index (χ0v) is 9.62. The van der Waals surface area contributed by atoms with Crippen molar-refractivity contribution in [3.63, 3.8) is 0 Å². The molecular weight excluding hydrogens is 210 g/mol. The number of methoxy groups -OCH3 is 1. The van der Waals surface area contributed by atoms with Crippen LogP contribution in [0.25, 0.3) is 0 Å². The Kier molecular flexibility index (Phi) is 5.60. The van der Waals surface area contributed by atoms with Crippen molar-refractivity contribution in [1.29, 1.82) is 0 Å². The predicted octanol–water partition coefficient (Wildman–Crippen LogP) is 0.725. The minimum absolute atomic E-state index is 0.127. The van der Waals surface area contributed by atoms with Gasteiger partial charge < -0.3 is 19.2 Å². The smallest absolute Gasteiger partial charge is 0.254 e. The van der Waals surface area contributed by atoms with Crippen LogP contribution in [0.2, 0.25) is 0 Å². The summed E-state index contributed by atoms with van der Waals surface area (Å²) in [4.78, 5) is 13.8. The lowest BCUT2D eigenvalue weighted by molar-refractivity contribution is 0.0543. The van der Waals surface area contributed by atoms with Crippen molar-refractivity contribution in [2.24, 2.45) is 0 Å². The molecule has 0 aliphatic rings. The Morgan fingerprint density at radius 1 is 1.25 bits per heavy atom. The average molecular weight is 227 g/mol. The van der Waals surface area contributed by atoms with Crippen molar-refractivity contribution >= 4 is 0 Å². The molecule has 1 aromatic rings. The number of rotatable bonds is 7. The monoisotopic (exact) mass is 227 g/mol. The summed E-state index contributed by atoms with van der Waals surface area (Å²) in [5.41, 5.74) is 0.456. The molecule has 0 unspecified atom stereocenters. The molecule has 1 aromatic heterocycles. The van der Waals surface area contributed by atoms with Crippen molar-refractivity contribution in [3.05, 3.63) is 28.2 Å². The number of hydrogen-bond acceptors (Lipinski definition) is 4. The van der Waals surface area contributed by atoms with Gasteiger partial charge in [-0.15, -0.1) is 0 Å². The molecule has 5 nitrogen and oxygen atoms in total. The summed E-state index contributed by atoms with van der Waals surface area (Å²) < 4.78 is 15.5. The van der Waals surface area contributed by atoms with Gasteiger partial charge in [-0.3, -0.25) is 4.79 Å². The summed E-state index contributed by atoms with van der Waals surface area (Å²) >= 11 is 0. The van der Waals surface area contributed by atoms with Gasteiger partial charge in [-0.25, -0.2) is 0 Å². The molecule has 0 aliphatic carbocycles. The summed E-state index contributed by atoms with van der Waals surface area (Å²) in [6.07, 6.45) is 1.57. The van der Waals surface area contributed by atoms with Crippen LogP contribution in [0.4, 0.5) is 0 Å². The van der Waals surface area contributed by atoms with Crippen molar-refractivity contribution in [2.75, 3.05) is 33.5 Å². The van der Waals surface area contributed by atoms with E-state index in [0.29, 0.717) is 37.7 Å². The Bertz CT molecular complexity index is 361. The molecule has 5 heteroatoms. The molecule has 0 saturated carbocycles.